The molecule has 53 heavy (non-hydrogen) atoms. The van der Waals surface area contributed by atoms with Crippen LogP contribution < -0.4 is 0 Å². The van der Waals surface area contributed by atoms with Crippen LogP contribution in [0.15, 0.2) is 121 Å². The van der Waals surface area contributed by atoms with Crippen molar-refractivity contribution in [2.45, 2.75) is 76.5 Å². The van der Waals surface area contributed by atoms with E-state index in [0.29, 0.717) is 32.2 Å². The molecule has 0 radical (unpaired) electrons. The maximum absolute atomic E-state index is 11.3. The zero-order valence-corrected chi connectivity index (χ0v) is 32.6. The first-order chi connectivity index (χ1) is 25.1. The van der Waals surface area contributed by atoms with E-state index in [-0.39, 0.29) is 28.3 Å². The van der Waals surface area contributed by atoms with Crippen LogP contribution in [0.3, 0.4) is 0 Å². The van der Waals surface area contributed by atoms with Gasteiger partial charge in [-0.1, -0.05) is 123 Å². The lowest BCUT2D eigenvalue weighted by Gasteiger charge is -2.25. The summed E-state index contributed by atoms with van der Waals surface area (Å²) in [6.45, 7) is 9.55. The molecular formula is C44H48NO6S2-. The fraction of sp³-hybridized carbons (Fsp3) is 0.341. The first kappa shape index (κ1) is 38.6. The van der Waals surface area contributed by atoms with Crippen molar-refractivity contribution in [3.63, 3.8) is 0 Å². The Morgan fingerprint density at radius 3 is 1.87 bits per heavy atom. The van der Waals surface area contributed by atoms with Crippen LogP contribution in [-0.4, -0.2) is 54.3 Å². The molecule has 1 aliphatic heterocycles. The van der Waals surface area contributed by atoms with E-state index in [0.717, 1.165) is 17.8 Å². The van der Waals surface area contributed by atoms with Crippen molar-refractivity contribution >= 4 is 53.2 Å². The van der Waals surface area contributed by atoms with Gasteiger partial charge in [0.15, 0.2) is 5.71 Å². The number of rotatable bonds is 14. The van der Waals surface area contributed by atoms with E-state index < -0.39 is 20.2 Å². The van der Waals surface area contributed by atoms with E-state index in [1.165, 1.54) is 43.8 Å². The summed E-state index contributed by atoms with van der Waals surface area (Å²) in [6.07, 6.45) is 17.1. The number of hydrogen-bond acceptors (Lipinski definition) is 6. The highest BCUT2D eigenvalue weighted by molar-refractivity contribution is 7.85. The summed E-state index contributed by atoms with van der Waals surface area (Å²) < 4.78 is 69.9. The minimum atomic E-state index is -4.26. The van der Waals surface area contributed by atoms with Crippen molar-refractivity contribution in [1.29, 1.82) is 0 Å². The molecule has 4 aromatic rings. The van der Waals surface area contributed by atoms with E-state index in [1.807, 2.05) is 36.4 Å². The summed E-state index contributed by atoms with van der Waals surface area (Å²) in [4.78, 5) is 0. The Hall–Kier alpha value is -4.15. The fourth-order valence-corrected chi connectivity index (χ4v) is 9.73. The number of unbranched alkanes of at least 4 members (excludes halogenated alkanes) is 2. The average molecular weight is 751 g/mol. The first-order valence-corrected chi connectivity index (χ1v) is 21.5. The number of hydrogen-bond donors (Lipinski definition) is 0. The minimum absolute atomic E-state index is 0.117. The van der Waals surface area contributed by atoms with E-state index in [1.54, 1.807) is 0 Å². The molecule has 0 saturated heterocycles. The molecule has 1 aliphatic carbocycles. The lowest BCUT2D eigenvalue weighted by molar-refractivity contribution is -0.438. The van der Waals surface area contributed by atoms with Crippen molar-refractivity contribution in [3.8, 4) is 0 Å². The molecule has 0 N–H and O–H groups in total. The van der Waals surface area contributed by atoms with Gasteiger partial charge in [-0.05, 0) is 71.8 Å². The SMILES string of the molecule is CC1(C)C(/C=C/C=C/C=C/C=C2/C(CCCCS(=O)(=O)[O-])c3ccc4ccccc4c3C2(C)C)=[N+](CCCCS(=O)(=O)[O-])c2ccc3ccccc3c21. The van der Waals surface area contributed by atoms with Crippen molar-refractivity contribution in [2.75, 3.05) is 18.1 Å². The molecule has 1 unspecified atom stereocenters. The Morgan fingerprint density at radius 2 is 1.21 bits per heavy atom. The molecule has 1 heterocycles. The molecule has 0 bridgehead atoms. The molecule has 7 nitrogen and oxygen atoms in total. The summed E-state index contributed by atoms with van der Waals surface area (Å²) in [7, 11) is -8.50. The zero-order valence-electron chi connectivity index (χ0n) is 30.9. The highest BCUT2D eigenvalue weighted by atomic mass is 32.2. The molecule has 4 aromatic carbocycles. The van der Waals surface area contributed by atoms with Crippen LogP contribution >= 0.6 is 0 Å². The van der Waals surface area contributed by atoms with Gasteiger partial charge in [0.1, 0.15) is 6.54 Å². The monoisotopic (exact) mass is 750 g/mol. The summed E-state index contributed by atoms with van der Waals surface area (Å²) in [6, 6.07) is 25.4. The molecule has 278 valence electrons. The van der Waals surface area contributed by atoms with Gasteiger partial charge >= 0.3 is 0 Å². The van der Waals surface area contributed by atoms with Gasteiger partial charge in [-0.2, -0.15) is 4.58 Å². The van der Waals surface area contributed by atoms with E-state index in [9.17, 15) is 25.9 Å². The number of allylic oxidation sites excluding steroid dienone is 8. The molecular weight excluding hydrogens is 703 g/mol. The molecule has 0 saturated carbocycles. The zero-order chi connectivity index (χ0) is 38.0. The van der Waals surface area contributed by atoms with Crippen LogP contribution in [0.4, 0.5) is 5.69 Å². The van der Waals surface area contributed by atoms with Gasteiger partial charge in [0, 0.05) is 47.0 Å². The number of fused-ring (bicyclic) bond motifs is 6. The van der Waals surface area contributed by atoms with Crippen molar-refractivity contribution in [3.05, 3.63) is 138 Å². The maximum Gasteiger partial charge on any atom is 0.210 e. The van der Waals surface area contributed by atoms with E-state index >= 15 is 0 Å². The van der Waals surface area contributed by atoms with Gasteiger partial charge < -0.3 is 9.11 Å². The Bertz CT molecular complexity index is 2410. The van der Waals surface area contributed by atoms with Crippen LogP contribution in [0.1, 0.15) is 82.4 Å². The molecule has 9 heteroatoms. The molecule has 6 rings (SSSR count). The van der Waals surface area contributed by atoms with Gasteiger partial charge in [0.05, 0.1) is 25.7 Å². The quantitative estimate of drug-likeness (QED) is 0.0550. The molecule has 0 aromatic heterocycles. The van der Waals surface area contributed by atoms with Gasteiger partial charge in [-0.15, -0.1) is 0 Å². The Kier molecular flexibility index (Phi) is 11.1. The summed E-state index contributed by atoms with van der Waals surface area (Å²) >= 11 is 0. The second-order valence-electron chi connectivity index (χ2n) is 15.2. The minimum Gasteiger partial charge on any atom is -0.748 e. The molecule has 0 amide bonds. The third-order valence-electron chi connectivity index (χ3n) is 11.0. The summed E-state index contributed by atoms with van der Waals surface area (Å²) in [5.41, 5.74) is 6.72. The highest BCUT2D eigenvalue weighted by Gasteiger charge is 2.45. The van der Waals surface area contributed by atoms with Crippen LogP contribution in [0.2, 0.25) is 0 Å². The third kappa shape index (κ3) is 8.34. The van der Waals surface area contributed by atoms with Crippen LogP contribution in [0.25, 0.3) is 21.5 Å². The predicted molar refractivity (Wildman–Crippen MR) is 214 cm³/mol. The van der Waals surface area contributed by atoms with E-state index in [2.05, 4.69) is 111 Å². The van der Waals surface area contributed by atoms with Crippen LogP contribution in [0, 0.1) is 0 Å². The molecule has 2 aliphatic rings. The van der Waals surface area contributed by atoms with Crippen LogP contribution in [-0.2, 0) is 31.1 Å². The van der Waals surface area contributed by atoms with Gasteiger partial charge in [-0.25, -0.2) is 16.8 Å². The first-order valence-electron chi connectivity index (χ1n) is 18.4. The molecule has 1 atom stereocenters. The normalized spacial score (nSPS) is 19.1. The second-order valence-corrected chi connectivity index (χ2v) is 18.3. The van der Waals surface area contributed by atoms with Gasteiger partial charge in [0.2, 0.25) is 5.69 Å². The Morgan fingerprint density at radius 1 is 0.642 bits per heavy atom. The van der Waals surface area contributed by atoms with E-state index in [4.69, 9.17) is 0 Å². The standard InChI is InChI=1S/C44H49NO6S2/c1-43(2)38(36(22-14-16-30-52(46,47)48)37-27-25-32-18-10-12-20-34(32)41(37)43)23-8-6-5-7-9-24-40-44(3,4)42-35-21-13-11-19-33(35)26-28-39(42)45(40)29-15-17-31-53(49,50)51/h5-13,18-21,23-28,36H,14-17,22,29-31H2,1-4H3,(H-,46,47,48,49,50,51)/p-1/b7-5+,8-6+,24-9+,38-23-. The van der Waals surface area contributed by atoms with Crippen molar-refractivity contribution in [2.24, 2.45) is 0 Å². The van der Waals surface area contributed by atoms with Crippen molar-refractivity contribution in [1.82, 2.24) is 0 Å². The fourth-order valence-electron chi connectivity index (χ4n) is 8.61. The molecule has 0 fully saturated rings. The highest BCUT2D eigenvalue weighted by Crippen LogP contribution is 2.54. The molecule has 0 spiro atoms. The smallest absolute Gasteiger partial charge is 0.210 e. The lowest BCUT2D eigenvalue weighted by Crippen LogP contribution is -2.28. The maximum atomic E-state index is 11.3. The predicted octanol–water partition coefficient (Wildman–Crippen LogP) is 9.08. The largest absolute Gasteiger partial charge is 0.748 e. The van der Waals surface area contributed by atoms with Crippen molar-refractivity contribution < 1.29 is 30.5 Å². The number of benzene rings is 4. The summed E-state index contributed by atoms with van der Waals surface area (Å²) in [5.74, 6) is -0.587. The second kappa shape index (κ2) is 15.3. The Labute approximate surface area is 314 Å². The lowest BCUT2D eigenvalue weighted by atomic mass is 9.78. The number of nitrogens with zero attached hydrogens (tertiary/aromatic N) is 1. The van der Waals surface area contributed by atoms with Crippen LogP contribution in [0.5, 0.6) is 0 Å². The van der Waals surface area contributed by atoms with Gasteiger partial charge in [-0.3, -0.25) is 0 Å². The average Bonchev–Trinajstić information content (AvgIpc) is 3.45. The third-order valence-corrected chi connectivity index (χ3v) is 12.5. The summed E-state index contributed by atoms with van der Waals surface area (Å²) in [5, 5.41) is 4.78. The van der Waals surface area contributed by atoms with Gasteiger partial charge in [0.25, 0.3) is 0 Å². The Balaban J connectivity index is 1.25. The topological polar surface area (TPSA) is 117 Å².